The molecule has 132 valence electrons. The number of aryl methyl sites for hydroxylation is 1. The van der Waals surface area contributed by atoms with Gasteiger partial charge in [-0.3, -0.25) is 14.4 Å². The summed E-state index contributed by atoms with van der Waals surface area (Å²) < 4.78 is 0. The van der Waals surface area contributed by atoms with E-state index in [1.165, 1.54) is 30.5 Å². The molecule has 2 fully saturated rings. The molecular weight excluding hydrogens is 340 g/mol. The SMILES string of the molecule is CC(=O)N1C[C@@H](NC(=O)c2sc3nc[nH]c(=O)c3c2C)[C@H](C2CC2)C1. The molecule has 25 heavy (non-hydrogen) atoms. The molecule has 4 rings (SSSR count). The van der Waals surface area contributed by atoms with E-state index >= 15 is 0 Å². The first-order valence-corrected chi connectivity index (χ1v) is 9.30. The quantitative estimate of drug-likeness (QED) is 0.862. The summed E-state index contributed by atoms with van der Waals surface area (Å²) in [6.07, 6.45) is 3.70. The number of hydrogen-bond acceptors (Lipinski definition) is 5. The number of hydrogen-bond donors (Lipinski definition) is 2. The molecule has 2 aliphatic rings. The van der Waals surface area contributed by atoms with E-state index < -0.39 is 0 Å². The van der Waals surface area contributed by atoms with Gasteiger partial charge in [-0.15, -0.1) is 11.3 Å². The third kappa shape index (κ3) is 2.84. The first-order chi connectivity index (χ1) is 12.0. The molecule has 1 aliphatic carbocycles. The minimum atomic E-state index is -0.225. The van der Waals surface area contributed by atoms with Crippen LogP contribution in [0.3, 0.4) is 0 Å². The highest BCUT2D eigenvalue weighted by atomic mass is 32.1. The van der Waals surface area contributed by atoms with Crippen molar-refractivity contribution in [3.8, 4) is 0 Å². The Labute approximate surface area is 148 Å². The predicted molar refractivity (Wildman–Crippen MR) is 94.7 cm³/mol. The molecule has 2 aromatic rings. The zero-order valence-electron chi connectivity index (χ0n) is 14.2. The molecule has 0 spiro atoms. The van der Waals surface area contributed by atoms with Crippen molar-refractivity contribution in [2.75, 3.05) is 13.1 Å². The number of likely N-dealkylation sites (tertiary alicyclic amines) is 1. The van der Waals surface area contributed by atoms with Crippen LogP contribution in [0.5, 0.6) is 0 Å². The number of nitrogens with zero attached hydrogens (tertiary/aromatic N) is 2. The van der Waals surface area contributed by atoms with E-state index in [-0.39, 0.29) is 23.4 Å². The summed E-state index contributed by atoms with van der Waals surface area (Å²) in [6, 6.07) is -0.0280. The first-order valence-electron chi connectivity index (χ1n) is 8.49. The van der Waals surface area contributed by atoms with Crippen molar-refractivity contribution < 1.29 is 9.59 Å². The second kappa shape index (κ2) is 5.94. The minimum Gasteiger partial charge on any atom is -0.346 e. The van der Waals surface area contributed by atoms with Gasteiger partial charge in [-0.1, -0.05) is 0 Å². The lowest BCUT2D eigenvalue weighted by Crippen LogP contribution is -2.41. The van der Waals surface area contributed by atoms with Crippen LogP contribution in [0.25, 0.3) is 10.2 Å². The molecule has 2 aromatic heterocycles. The number of H-pyrrole nitrogens is 1. The van der Waals surface area contributed by atoms with Gasteiger partial charge in [-0.2, -0.15) is 0 Å². The minimum absolute atomic E-state index is 0.0280. The lowest BCUT2D eigenvalue weighted by molar-refractivity contribution is -0.128. The number of aromatic amines is 1. The summed E-state index contributed by atoms with van der Waals surface area (Å²) in [5.41, 5.74) is 0.438. The number of nitrogens with one attached hydrogen (secondary N) is 2. The molecule has 3 heterocycles. The normalized spacial score (nSPS) is 23.2. The topological polar surface area (TPSA) is 95.2 Å². The molecule has 1 aliphatic heterocycles. The average Bonchev–Trinajstić information content (AvgIpc) is 3.23. The monoisotopic (exact) mass is 360 g/mol. The van der Waals surface area contributed by atoms with Crippen LogP contribution < -0.4 is 10.9 Å². The number of carbonyl (C=O) groups excluding carboxylic acids is 2. The van der Waals surface area contributed by atoms with E-state index in [0.717, 1.165) is 6.54 Å². The fourth-order valence-electron chi connectivity index (χ4n) is 3.77. The van der Waals surface area contributed by atoms with Gasteiger partial charge in [0.05, 0.1) is 22.6 Å². The summed E-state index contributed by atoms with van der Waals surface area (Å²) in [5.74, 6) is 0.795. The number of thiophene rings is 1. The van der Waals surface area contributed by atoms with Gasteiger partial charge in [0.15, 0.2) is 0 Å². The van der Waals surface area contributed by atoms with Gasteiger partial charge in [-0.05, 0) is 31.2 Å². The maximum Gasteiger partial charge on any atom is 0.262 e. The number of amides is 2. The van der Waals surface area contributed by atoms with Gasteiger partial charge in [0, 0.05) is 25.9 Å². The van der Waals surface area contributed by atoms with Crippen LogP contribution in [0.4, 0.5) is 0 Å². The van der Waals surface area contributed by atoms with E-state index in [0.29, 0.717) is 39.0 Å². The molecule has 0 radical (unpaired) electrons. The summed E-state index contributed by atoms with van der Waals surface area (Å²) in [4.78, 5) is 46.1. The van der Waals surface area contributed by atoms with Gasteiger partial charge in [-0.25, -0.2) is 4.98 Å². The van der Waals surface area contributed by atoms with Gasteiger partial charge in [0.2, 0.25) is 5.91 Å². The number of fused-ring (bicyclic) bond motifs is 1. The number of rotatable bonds is 3. The van der Waals surface area contributed by atoms with Crippen molar-refractivity contribution in [3.63, 3.8) is 0 Å². The van der Waals surface area contributed by atoms with Gasteiger partial charge in [0.25, 0.3) is 11.5 Å². The summed E-state index contributed by atoms with van der Waals surface area (Å²) in [7, 11) is 0. The molecule has 0 unspecified atom stereocenters. The Morgan fingerprint density at radius 3 is 2.76 bits per heavy atom. The highest BCUT2D eigenvalue weighted by molar-refractivity contribution is 7.20. The van der Waals surface area contributed by atoms with Crippen LogP contribution in [0.15, 0.2) is 11.1 Å². The van der Waals surface area contributed by atoms with Crippen molar-refractivity contribution in [2.24, 2.45) is 11.8 Å². The Morgan fingerprint density at radius 2 is 2.12 bits per heavy atom. The largest absolute Gasteiger partial charge is 0.346 e. The van der Waals surface area contributed by atoms with Gasteiger partial charge in [0.1, 0.15) is 4.83 Å². The maximum absolute atomic E-state index is 12.8. The van der Waals surface area contributed by atoms with Crippen molar-refractivity contribution >= 4 is 33.4 Å². The van der Waals surface area contributed by atoms with Crippen LogP contribution in [-0.4, -0.2) is 45.8 Å². The Morgan fingerprint density at radius 1 is 1.36 bits per heavy atom. The molecule has 2 amide bonds. The molecule has 1 saturated heterocycles. The smallest absolute Gasteiger partial charge is 0.262 e. The third-order valence-electron chi connectivity index (χ3n) is 5.29. The van der Waals surface area contributed by atoms with Gasteiger partial charge < -0.3 is 15.2 Å². The van der Waals surface area contributed by atoms with Crippen LogP contribution in [0, 0.1) is 18.8 Å². The summed E-state index contributed by atoms with van der Waals surface area (Å²) in [5, 5.41) is 3.59. The van der Waals surface area contributed by atoms with Crippen LogP contribution >= 0.6 is 11.3 Å². The second-order valence-electron chi connectivity index (χ2n) is 6.97. The average molecular weight is 360 g/mol. The van der Waals surface area contributed by atoms with Crippen LogP contribution in [0.1, 0.15) is 35.0 Å². The first kappa shape index (κ1) is 16.3. The second-order valence-corrected chi connectivity index (χ2v) is 7.97. The highest BCUT2D eigenvalue weighted by Crippen LogP contribution is 2.41. The molecule has 1 saturated carbocycles. The lowest BCUT2D eigenvalue weighted by atomic mass is 9.98. The fourth-order valence-corrected chi connectivity index (χ4v) is 4.82. The highest BCUT2D eigenvalue weighted by Gasteiger charge is 2.44. The molecule has 8 heteroatoms. The molecule has 7 nitrogen and oxygen atoms in total. The number of aromatic nitrogens is 2. The molecule has 0 bridgehead atoms. The standard InChI is InChI=1S/C17H20N4O3S/c1-8-13-15(23)18-7-19-17(13)25-14(8)16(24)20-12-6-21(9(2)22)5-11(12)10-3-4-10/h7,10-12H,3-6H2,1-2H3,(H,20,24)(H,18,19,23)/t11-,12+/m0/s1. The Hall–Kier alpha value is -2.22. The van der Waals surface area contributed by atoms with E-state index in [1.54, 1.807) is 13.8 Å². The van der Waals surface area contributed by atoms with Crippen molar-refractivity contribution in [1.29, 1.82) is 0 Å². The summed E-state index contributed by atoms with van der Waals surface area (Å²) >= 11 is 1.24. The van der Waals surface area contributed by atoms with Crippen LogP contribution in [0.2, 0.25) is 0 Å². The van der Waals surface area contributed by atoms with Crippen LogP contribution in [-0.2, 0) is 4.79 Å². The van der Waals surface area contributed by atoms with Gasteiger partial charge >= 0.3 is 0 Å². The molecule has 2 N–H and O–H groups in total. The van der Waals surface area contributed by atoms with Crippen molar-refractivity contribution in [1.82, 2.24) is 20.2 Å². The van der Waals surface area contributed by atoms with E-state index in [1.807, 2.05) is 4.90 Å². The summed E-state index contributed by atoms with van der Waals surface area (Å²) in [6.45, 7) is 4.63. The molecule has 2 atom stereocenters. The van der Waals surface area contributed by atoms with Crippen molar-refractivity contribution in [2.45, 2.75) is 32.7 Å². The molecule has 0 aromatic carbocycles. The van der Waals surface area contributed by atoms with E-state index in [9.17, 15) is 14.4 Å². The zero-order chi connectivity index (χ0) is 17.7. The number of carbonyl (C=O) groups is 2. The van der Waals surface area contributed by atoms with E-state index in [2.05, 4.69) is 15.3 Å². The molecular formula is C17H20N4O3S. The van der Waals surface area contributed by atoms with Crippen molar-refractivity contribution in [3.05, 3.63) is 27.1 Å². The predicted octanol–water partition coefficient (Wildman–Crippen LogP) is 1.28. The zero-order valence-corrected chi connectivity index (χ0v) is 15.0. The fraction of sp³-hybridized carbons (Fsp3) is 0.529. The lowest BCUT2D eigenvalue weighted by Gasteiger charge is -2.18. The Kier molecular flexibility index (Phi) is 3.87. The Balaban J connectivity index is 1.59. The third-order valence-corrected chi connectivity index (χ3v) is 6.49. The Bertz CT molecular complexity index is 914. The van der Waals surface area contributed by atoms with E-state index in [4.69, 9.17) is 0 Å². The maximum atomic E-state index is 12.8.